The van der Waals surface area contributed by atoms with Gasteiger partial charge in [-0.25, -0.2) is 9.97 Å². The van der Waals surface area contributed by atoms with Gasteiger partial charge in [0.1, 0.15) is 6.33 Å². The number of rotatable bonds is 8. The van der Waals surface area contributed by atoms with Crippen LogP contribution in [-0.2, 0) is 4.79 Å². The number of nitrogens with one attached hydrogen (secondary N) is 3. The van der Waals surface area contributed by atoms with Gasteiger partial charge in [0.15, 0.2) is 11.5 Å². The summed E-state index contributed by atoms with van der Waals surface area (Å²) in [5.74, 6) is -0.207. The van der Waals surface area contributed by atoms with E-state index in [0.29, 0.717) is 17.2 Å². The van der Waals surface area contributed by atoms with Crippen LogP contribution >= 0.6 is 0 Å². The Morgan fingerprint density at radius 1 is 0.889 bits per heavy atom. The lowest BCUT2D eigenvalue weighted by Gasteiger charge is -2.18. The van der Waals surface area contributed by atoms with Crippen LogP contribution < -0.4 is 25.6 Å². The van der Waals surface area contributed by atoms with Gasteiger partial charge in [0, 0.05) is 11.8 Å². The molecule has 11 nitrogen and oxygen atoms in total. The van der Waals surface area contributed by atoms with E-state index in [9.17, 15) is 14.9 Å². The van der Waals surface area contributed by atoms with Gasteiger partial charge in [-0.3, -0.25) is 25.8 Å². The van der Waals surface area contributed by atoms with Crippen molar-refractivity contribution >= 4 is 28.9 Å². The van der Waals surface area contributed by atoms with Crippen molar-refractivity contribution in [2.24, 2.45) is 0 Å². The first-order valence-corrected chi connectivity index (χ1v) is 10.9. The van der Waals surface area contributed by atoms with E-state index in [1.54, 1.807) is 18.2 Å². The number of amides is 1. The van der Waals surface area contributed by atoms with E-state index in [-0.39, 0.29) is 18.4 Å². The van der Waals surface area contributed by atoms with Gasteiger partial charge < -0.3 is 14.8 Å². The van der Waals surface area contributed by atoms with Gasteiger partial charge in [-0.15, -0.1) is 0 Å². The van der Waals surface area contributed by atoms with Gasteiger partial charge in [0.05, 0.1) is 10.8 Å². The third kappa shape index (κ3) is 4.71. The van der Waals surface area contributed by atoms with Crippen LogP contribution in [0.5, 0.6) is 11.5 Å². The molecule has 180 valence electrons. The number of carbonyl (C=O) groups excluding carboxylic acids is 1. The van der Waals surface area contributed by atoms with E-state index >= 15 is 0 Å². The molecule has 0 atom stereocenters. The van der Waals surface area contributed by atoms with Crippen LogP contribution in [-0.4, -0.2) is 27.6 Å². The molecule has 2 heterocycles. The second-order valence-corrected chi connectivity index (χ2v) is 7.74. The third-order valence-electron chi connectivity index (χ3n) is 5.47. The van der Waals surface area contributed by atoms with Crippen molar-refractivity contribution < 1.29 is 19.2 Å². The van der Waals surface area contributed by atoms with E-state index in [2.05, 4.69) is 26.1 Å². The minimum Gasteiger partial charge on any atom is -0.454 e. The summed E-state index contributed by atoms with van der Waals surface area (Å²) in [6, 6.07) is 23.5. The van der Waals surface area contributed by atoms with E-state index in [0.717, 1.165) is 17.5 Å². The van der Waals surface area contributed by atoms with Crippen molar-refractivity contribution in [2.45, 2.75) is 5.92 Å². The quantitative estimate of drug-likeness (QED) is 0.249. The first kappa shape index (κ1) is 22.6. The number of benzene rings is 3. The lowest BCUT2D eigenvalue weighted by Crippen LogP contribution is -2.35. The topological polar surface area (TPSA) is 141 Å². The van der Waals surface area contributed by atoms with Gasteiger partial charge in [-0.05, 0) is 23.3 Å². The maximum absolute atomic E-state index is 13.3. The van der Waals surface area contributed by atoms with Gasteiger partial charge >= 0.3 is 5.69 Å². The summed E-state index contributed by atoms with van der Waals surface area (Å²) < 4.78 is 10.6. The fraction of sp³-hybridized carbons (Fsp3) is 0.0800. The summed E-state index contributed by atoms with van der Waals surface area (Å²) in [5.41, 5.74) is 6.78. The maximum atomic E-state index is 13.3. The molecule has 0 fully saturated rings. The van der Waals surface area contributed by atoms with Crippen LogP contribution in [0.15, 0.2) is 85.2 Å². The van der Waals surface area contributed by atoms with Crippen molar-refractivity contribution in [3.8, 4) is 11.5 Å². The van der Waals surface area contributed by atoms with Crippen molar-refractivity contribution in [3.05, 3.63) is 106 Å². The zero-order chi connectivity index (χ0) is 24.9. The molecule has 0 aliphatic carbocycles. The molecule has 0 spiro atoms. The summed E-state index contributed by atoms with van der Waals surface area (Å²) >= 11 is 0. The Labute approximate surface area is 205 Å². The second kappa shape index (κ2) is 9.97. The number of hydrazine groups is 1. The molecular weight excluding hydrogens is 464 g/mol. The molecule has 5 rings (SSSR count). The molecule has 4 aromatic rings. The van der Waals surface area contributed by atoms with Crippen LogP contribution in [0.4, 0.5) is 23.0 Å². The average Bonchev–Trinajstić information content (AvgIpc) is 3.37. The van der Waals surface area contributed by atoms with Gasteiger partial charge in [-0.2, -0.15) is 0 Å². The average molecular weight is 484 g/mol. The second-order valence-electron chi connectivity index (χ2n) is 7.74. The van der Waals surface area contributed by atoms with E-state index in [1.165, 1.54) is 0 Å². The summed E-state index contributed by atoms with van der Waals surface area (Å²) in [6.07, 6.45) is 1.16. The number of hydrogen-bond donors (Lipinski definition) is 3. The monoisotopic (exact) mass is 484 g/mol. The minimum atomic E-state index is -0.646. The summed E-state index contributed by atoms with van der Waals surface area (Å²) in [4.78, 5) is 32.5. The third-order valence-corrected chi connectivity index (χ3v) is 5.47. The molecule has 1 aliphatic rings. The summed E-state index contributed by atoms with van der Waals surface area (Å²) in [7, 11) is 0. The number of carbonyl (C=O) groups is 1. The lowest BCUT2D eigenvalue weighted by molar-refractivity contribution is -0.383. The van der Waals surface area contributed by atoms with Crippen molar-refractivity contribution in [1.82, 2.24) is 15.4 Å². The number of nitro groups is 1. The molecule has 36 heavy (non-hydrogen) atoms. The summed E-state index contributed by atoms with van der Waals surface area (Å²) in [6.45, 7) is 0.104. The Hall–Kier alpha value is -5.19. The molecule has 11 heteroatoms. The van der Waals surface area contributed by atoms with Crippen LogP contribution in [0.3, 0.4) is 0 Å². The molecule has 0 saturated carbocycles. The van der Waals surface area contributed by atoms with Crippen LogP contribution in [0.25, 0.3) is 0 Å². The van der Waals surface area contributed by atoms with Crippen LogP contribution in [0.2, 0.25) is 0 Å². The Morgan fingerprint density at radius 3 is 2.19 bits per heavy atom. The molecule has 0 unspecified atom stereocenters. The predicted molar refractivity (Wildman–Crippen MR) is 131 cm³/mol. The smallest absolute Gasteiger partial charge is 0.355 e. The van der Waals surface area contributed by atoms with Crippen molar-refractivity contribution in [1.29, 1.82) is 0 Å². The fourth-order valence-corrected chi connectivity index (χ4v) is 3.82. The number of nitrogens with zero attached hydrogens (tertiary/aromatic N) is 3. The van der Waals surface area contributed by atoms with Crippen molar-refractivity contribution in [3.63, 3.8) is 0 Å². The van der Waals surface area contributed by atoms with E-state index in [1.807, 2.05) is 60.7 Å². The molecule has 3 aromatic carbocycles. The molecule has 0 radical (unpaired) electrons. The number of hydrogen-bond acceptors (Lipinski definition) is 9. The highest BCUT2D eigenvalue weighted by molar-refractivity contribution is 5.88. The number of fused-ring (bicyclic) bond motifs is 1. The predicted octanol–water partition coefficient (Wildman–Crippen LogP) is 4.13. The van der Waals surface area contributed by atoms with E-state index < -0.39 is 22.4 Å². The maximum Gasteiger partial charge on any atom is 0.355 e. The van der Waals surface area contributed by atoms with Gasteiger partial charge in [-0.1, -0.05) is 60.7 Å². The summed E-state index contributed by atoms with van der Waals surface area (Å²) in [5, 5.41) is 14.8. The number of aromatic nitrogens is 2. The Balaban J connectivity index is 1.39. The molecule has 0 bridgehead atoms. The first-order valence-electron chi connectivity index (χ1n) is 10.9. The first-order chi connectivity index (χ1) is 17.6. The molecule has 3 N–H and O–H groups in total. The molecule has 1 aromatic heterocycles. The molecule has 1 aliphatic heterocycles. The normalized spacial score (nSPS) is 11.7. The number of anilines is 3. The van der Waals surface area contributed by atoms with Crippen molar-refractivity contribution in [2.75, 3.05) is 17.5 Å². The van der Waals surface area contributed by atoms with Gasteiger partial charge in [0.2, 0.25) is 24.3 Å². The highest BCUT2D eigenvalue weighted by Crippen LogP contribution is 2.37. The zero-order valence-corrected chi connectivity index (χ0v) is 18.8. The molecule has 0 saturated heterocycles. The highest BCUT2D eigenvalue weighted by Gasteiger charge is 2.27. The largest absolute Gasteiger partial charge is 0.454 e. The Kier molecular flexibility index (Phi) is 6.26. The van der Waals surface area contributed by atoms with E-state index in [4.69, 9.17) is 9.47 Å². The van der Waals surface area contributed by atoms with Crippen LogP contribution in [0.1, 0.15) is 17.0 Å². The van der Waals surface area contributed by atoms with Crippen LogP contribution in [0, 0.1) is 10.1 Å². The lowest BCUT2D eigenvalue weighted by atomic mass is 9.91. The van der Waals surface area contributed by atoms with Gasteiger partial charge in [0.25, 0.3) is 0 Å². The molecular formula is C25H20N6O5. The molecule has 1 amide bonds. The highest BCUT2D eigenvalue weighted by atomic mass is 16.7. The Morgan fingerprint density at radius 2 is 1.53 bits per heavy atom. The standard InChI is InChI=1S/C25H20N6O5/c32-25(21(16-7-3-1-4-8-16)17-9-5-2-6-10-17)30-29-24-22(31(33)34)23(26-14-27-24)28-18-11-12-19-20(13-18)36-15-35-19/h1-14,21H,15H2,(H,30,32)(H2,26,27,28,29). The fourth-order valence-electron chi connectivity index (χ4n) is 3.82. The minimum absolute atomic E-state index is 0.0618. The zero-order valence-electron chi connectivity index (χ0n) is 18.8. The number of ether oxygens (including phenoxy) is 2. The SMILES string of the molecule is O=C(NNc1ncnc(Nc2ccc3c(c2)OCO3)c1[N+](=O)[O-])C(c1ccccc1)c1ccccc1. The Bertz CT molecular complexity index is 1360.